The highest BCUT2D eigenvalue weighted by atomic mass is 32.2. The van der Waals surface area contributed by atoms with Gasteiger partial charge in [0.1, 0.15) is 12.0 Å². The molecule has 1 fully saturated rings. The molecule has 2 rings (SSSR count). The smallest absolute Gasteiger partial charge is 0.243 e. The summed E-state index contributed by atoms with van der Waals surface area (Å²) < 4.78 is 31.7. The monoisotopic (exact) mass is 297 g/mol. The first kappa shape index (κ1) is 15.0. The van der Waals surface area contributed by atoms with Gasteiger partial charge in [0.2, 0.25) is 10.0 Å². The van der Waals surface area contributed by atoms with Crippen molar-refractivity contribution in [2.45, 2.75) is 24.7 Å². The number of methoxy groups -OCH3 is 1. The number of sulfonamides is 1. The predicted octanol–water partition coefficient (Wildman–Crippen LogP) is 1.60. The summed E-state index contributed by atoms with van der Waals surface area (Å²) in [4.78, 5) is 11.1. The summed E-state index contributed by atoms with van der Waals surface area (Å²) in [5.41, 5.74) is 0.775. The fourth-order valence-corrected chi connectivity index (χ4v) is 4.08. The molecule has 0 bridgehead atoms. The first-order valence-electron chi connectivity index (χ1n) is 6.59. The van der Waals surface area contributed by atoms with Crippen LogP contribution < -0.4 is 4.74 Å². The third-order valence-electron chi connectivity index (χ3n) is 3.62. The van der Waals surface area contributed by atoms with E-state index in [1.165, 1.54) is 4.31 Å². The lowest BCUT2D eigenvalue weighted by atomic mass is 10.0. The maximum Gasteiger partial charge on any atom is 0.243 e. The number of aldehydes is 1. The highest BCUT2D eigenvalue weighted by Gasteiger charge is 2.30. The number of piperidine rings is 1. The van der Waals surface area contributed by atoms with E-state index in [0.717, 1.165) is 24.7 Å². The normalized spacial score (nSPS) is 20.6. The highest BCUT2D eigenvalue weighted by molar-refractivity contribution is 7.89. The van der Waals surface area contributed by atoms with Crippen LogP contribution in [0.4, 0.5) is 0 Å². The van der Waals surface area contributed by atoms with E-state index in [1.54, 1.807) is 25.3 Å². The van der Waals surface area contributed by atoms with Gasteiger partial charge < -0.3 is 9.53 Å². The summed E-state index contributed by atoms with van der Waals surface area (Å²) in [6, 6.07) is 4.81. The lowest BCUT2D eigenvalue weighted by Gasteiger charge is -2.29. The summed E-state index contributed by atoms with van der Waals surface area (Å²) in [6.07, 6.45) is 2.33. The van der Waals surface area contributed by atoms with Crippen molar-refractivity contribution >= 4 is 16.3 Å². The van der Waals surface area contributed by atoms with Crippen molar-refractivity contribution in [1.29, 1.82) is 0 Å². The van der Waals surface area contributed by atoms with Crippen molar-refractivity contribution in [3.8, 4) is 5.75 Å². The first-order chi connectivity index (χ1) is 9.48. The molecule has 1 heterocycles. The zero-order chi connectivity index (χ0) is 14.8. The van der Waals surface area contributed by atoms with E-state index in [0.29, 0.717) is 12.3 Å². The van der Waals surface area contributed by atoms with Crippen molar-refractivity contribution in [3.63, 3.8) is 0 Å². The molecule has 6 heteroatoms. The van der Waals surface area contributed by atoms with Gasteiger partial charge in [-0.2, -0.15) is 4.31 Å². The standard InChI is InChI=1S/C14H19NO4S/c1-11-8-13(5-6-14(11)19-2)20(17,18)15-7-3-4-12(9-15)10-16/h5-6,8,10,12H,3-4,7,9H2,1-2H3. The fourth-order valence-electron chi connectivity index (χ4n) is 2.46. The molecule has 5 nitrogen and oxygen atoms in total. The lowest BCUT2D eigenvalue weighted by Crippen LogP contribution is -2.40. The molecule has 1 aromatic rings. The quantitative estimate of drug-likeness (QED) is 0.792. The Morgan fingerprint density at radius 3 is 2.75 bits per heavy atom. The van der Waals surface area contributed by atoms with Crippen molar-refractivity contribution in [2.75, 3.05) is 20.2 Å². The Labute approximate surface area is 119 Å². The van der Waals surface area contributed by atoms with Gasteiger partial charge in [-0.1, -0.05) is 0 Å². The number of carbonyl (C=O) groups is 1. The van der Waals surface area contributed by atoms with Gasteiger partial charge in [0.15, 0.2) is 0 Å². The average Bonchev–Trinajstić information content (AvgIpc) is 2.47. The van der Waals surface area contributed by atoms with E-state index in [-0.39, 0.29) is 17.4 Å². The maximum atomic E-state index is 12.6. The average molecular weight is 297 g/mol. The molecule has 1 aromatic carbocycles. The fraction of sp³-hybridized carbons (Fsp3) is 0.500. The van der Waals surface area contributed by atoms with Crippen molar-refractivity contribution in [2.24, 2.45) is 5.92 Å². The molecule has 0 saturated carbocycles. The van der Waals surface area contributed by atoms with E-state index < -0.39 is 10.0 Å². The zero-order valence-corrected chi connectivity index (χ0v) is 12.5. The second-order valence-electron chi connectivity index (χ2n) is 5.03. The van der Waals surface area contributed by atoms with Crippen LogP contribution in [0.1, 0.15) is 18.4 Å². The highest BCUT2D eigenvalue weighted by Crippen LogP contribution is 2.26. The number of rotatable bonds is 4. The molecule has 0 aromatic heterocycles. The zero-order valence-electron chi connectivity index (χ0n) is 11.7. The van der Waals surface area contributed by atoms with Crippen LogP contribution in [0.3, 0.4) is 0 Å². The van der Waals surface area contributed by atoms with E-state index in [4.69, 9.17) is 4.74 Å². The second kappa shape index (κ2) is 5.93. The van der Waals surface area contributed by atoms with Crippen LogP contribution >= 0.6 is 0 Å². The summed E-state index contributed by atoms with van der Waals surface area (Å²) in [5, 5.41) is 0. The van der Waals surface area contributed by atoms with Gasteiger partial charge in [-0.3, -0.25) is 0 Å². The molecular formula is C14H19NO4S. The Hall–Kier alpha value is -1.40. The minimum Gasteiger partial charge on any atom is -0.496 e. The van der Waals surface area contributed by atoms with E-state index in [1.807, 2.05) is 6.92 Å². The third-order valence-corrected chi connectivity index (χ3v) is 5.48. The van der Waals surface area contributed by atoms with Crippen LogP contribution in [0.2, 0.25) is 0 Å². The Bertz CT molecular complexity index is 597. The molecule has 1 atom stereocenters. The van der Waals surface area contributed by atoms with E-state index in [2.05, 4.69) is 0 Å². The Balaban J connectivity index is 2.30. The van der Waals surface area contributed by atoms with Crippen LogP contribution in [0.25, 0.3) is 0 Å². The molecule has 1 unspecified atom stereocenters. The summed E-state index contributed by atoms with van der Waals surface area (Å²) >= 11 is 0. The first-order valence-corrected chi connectivity index (χ1v) is 8.03. The van der Waals surface area contributed by atoms with Gasteiger partial charge in [0, 0.05) is 19.0 Å². The molecule has 1 aliphatic heterocycles. The number of nitrogens with zero attached hydrogens (tertiary/aromatic N) is 1. The van der Waals surface area contributed by atoms with Gasteiger partial charge >= 0.3 is 0 Å². The Morgan fingerprint density at radius 1 is 1.40 bits per heavy atom. The van der Waals surface area contributed by atoms with Gasteiger partial charge in [-0.05, 0) is 43.5 Å². The van der Waals surface area contributed by atoms with Crippen molar-refractivity contribution in [1.82, 2.24) is 4.31 Å². The molecule has 0 spiro atoms. The number of hydrogen-bond acceptors (Lipinski definition) is 4. The lowest BCUT2D eigenvalue weighted by molar-refractivity contribution is -0.112. The van der Waals surface area contributed by atoms with Crippen LogP contribution in [0, 0.1) is 12.8 Å². The molecule has 0 amide bonds. The maximum absolute atomic E-state index is 12.6. The molecule has 110 valence electrons. The molecular weight excluding hydrogens is 278 g/mol. The SMILES string of the molecule is COc1ccc(S(=O)(=O)N2CCCC(C=O)C2)cc1C. The Morgan fingerprint density at radius 2 is 2.15 bits per heavy atom. The Kier molecular flexibility index (Phi) is 4.45. The molecule has 1 aliphatic rings. The van der Waals surface area contributed by atoms with Crippen molar-refractivity contribution in [3.05, 3.63) is 23.8 Å². The molecule has 20 heavy (non-hydrogen) atoms. The topological polar surface area (TPSA) is 63.7 Å². The number of carbonyl (C=O) groups excluding carboxylic acids is 1. The van der Waals surface area contributed by atoms with Gasteiger partial charge in [-0.15, -0.1) is 0 Å². The summed E-state index contributed by atoms with van der Waals surface area (Å²) in [5.74, 6) is 0.464. The predicted molar refractivity (Wildman–Crippen MR) is 75.3 cm³/mol. The van der Waals surface area contributed by atoms with Gasteiger partial charge in [0.05, 0.1) is 12.0 Å². The minimum atomic E-state index is -3.53. The number of aryl methyl sites for hydroxylation is 1. The van der Waals surface area contributed by atoms with Crippen LogP contribution in [0.15, 0.2) is 23.1 Å². The van der Waals surface area contributed by atoms with Crippen LogP contribution in [-0.2, 0) is 14.8 Å². The molecule has 0 aliphatic carbocycles. The van der Waals surface area contributed by atoms with E-state index in [9.17, 15) is 13.2 Å². The number of ether oxygens (including phenoxy) is 1. The van der Waals surface area contributed by atoms with Gasteiger partial charge in [-0.25, -0.2) is 8.42 Å². The summed E-state index contributed by atoms with van der Waals surface area (Å²) in [6.45, 7) is 2.55. The summed E-state index contributed by atoms with van der Waals surface area (Å²) in [7, 11) is -1.98. The second-order valence-corrected chi connectivity index (χ2v) is 6.97. The van der Waals surface area contributed by atoms with Gasteiger partial charge in [0.25, 0.3) is 0 Å². The largest absolute Gasteiger partial charge is 0.496 e. The molecule has 0 radical (unpaired) electrons. The van der Waals surface area contributed by atoms with Crippen LogP contribution in [-0.4, -0.2) is 39.2 Å². The number of benzene rings is 1. The number of hydrogen-bond donors (Lipinski definition) is 0. The van der Waals surface area contributed by atoms with Crippen molar-refractivity contribution < 1.29 is 17.9 Å². The molecule has 0 N–H and O–H groups in total. The van der Waals surface area contributed by atoms with E-state index >= 15 is 0 Å². The third kappa shape index (κ3) is 2.86. The van der Waals surface area contributed by atoms with Crippen LogP contribution in [0.5, 0.6) is 5.75 Å². The molecule has 1 saturated heterocycles. The minimum absolute atomic E-state index is 0.196.